The molecular weight excluding hydrogens is 265 g/mol. The molecule has 0 aliphatic rings. The van der Waals surface area contributed by atoms with E-state index in [1.165, 1.54) is 0 Å². The number of H-pyrrole nitrogens is 1. The predicted molar refractivity (Wildman–Crippen MR) is 58.0 cm³/mol. The Morgan fingerprint density at radius 3 is 3.00 bits per heavy atom. The second-order valence-electron chi connectivity index (χ2n) is 2.76. The molecule has 0 fully saturated rings. The maximum absolute atomic E-state index is 5.77. The number of anilines is 1. The molecule has 0 atom stereocenters. The van der Waals surface area contributed by atoms with E-state index < -0.39 is 0 Å². The zero-order valence-electron chi connectivity index (χ0n) is 6.56. The molecule has 3 N–H and O–H groups in total. The van der Waals surface area contributed by atoms with E-state index in [4.69, 9.17) is 5.73 Å². The van der Waals surface area contributed by atoms with Gasteiger partial charge in [-0.1, -0.05) is 0 Å². The molecule has 4 heteroatoms. The fourth-order valence-electron chi connectivity index (χ4n) is 1.15. The fraction of sp³-hybridized carbons (Fsp3) is 0.125. The number of nitrogens with zero attached hydrogens (tertiary/aromatic N) is 1. The van der Waals surface area contributed by atoms with Crippen LogP contribution in [0.2, 0.25) is 0 Å². The van der Waals surface area contributed by atoms with Gasteiger partial charge in [-0.2, -0.15) is 5.10 Å². The summed E-state index contributed by atoms with van der Waals surface area (Å²) < 4.78 is 1.04. The van der Waals surface area contributed by atoms with Crippen LogP contribution in [0.1, 0.15) is 5.56 Å². The molecule has 0 bridgehead atoms. The summed E-state index contributed by atoms with van der Waals surface area (Å²) in [4.78, 5) is 0. The van der Waals surface area contributed by atoms with Gasteiger partial charge < -0.3 is 5.73 Å². The van der Waals surface area contributed by atoms with Crippen LogP contribution in [0.5, 0.6) is 0 Å². The first-order valence-corrected chi connectivity index (χ1v) is 4.66. The number of nitrogens with one attached hydrogen (secondary N) is 1. The molecule has 2 rings (SSSR count). The van der Waals surface area contributed by atoms with Crippen molar-refractivity contribution in [3.8, 4) is 0 Å². The van der Waals surface area contributed by atoms with Crippen LogP contribution in [0.25, 0.3) is 10.9 Å². The molecule has 0 aliphatic heterocycles. The third-order valence-electron chi connectivity index (χ3n) is 1.90. The minimum Gasteiger partial charge on any atom is -0.398 e. The summed E-state index contributed by atoms with van der Waals surface area (Å²) in [6.07, 6.45) is 0. The van der Waals surface area contributed by atoms with Gasteiger partial charge in [0.15, 0.2) is 0 Å². The lowest BCUT2D eigenvalue weighted by Crippen LogP contribution is -1.88. The average Bonchev–Trinajstić information content (AvgIpc) is 2.35. The van der Waals surface area contributed by atoms with Crippen molar-refractivity contribution < 1.29 is 0 Å². The largest absolute Gasteiger partial charge is 0.398 e. The van der Waals surface area contributed by atoms with Crippen LogP contribution in [0, 0.1) is 10.6 Å². The van der Waals surface area contributed by atoms with Crippen LogP contribution in [0.3, 0.4) is 0 Å². The average molecular weight is 273 g/mol. The highest BCUT2D eigenvalue weighted by Crippen LogP contribution is 2.22. The number of hydrogen-bond acceptors (Lipinski definition) is 2. The molecule has 0 amide bonds. The number of halogens is 1. The molecule has 0 saturated heterocycles. The Balaban J connectivity index is 2.87. The third kappa shape index (κ3) is 1.06. The zero-order valence-corrected chi connectivity index (χ0v) is 8.71. The number of benzene rings is 1. The summed E-state index contributed by atoms with van der Waals surface area (Å²) in [5.41, 5.74) is 8.64. The van der Waals surface area contributed by atoms with Crippen molar-refractivity contribution in [2.75, 3.05) is 5.73 Å². The van der Waals surface area contributed by atoms with Gasteiger partial charge in [0, 0.05) is 11.1 Å². The van der Waals surface area contributed by atoms with E-state index in [0.717, 1.165) is 25.9 Å². The molecule has 1 heterocycles. The summed E-state index contributed by atoms with van der Waals surface area (Å²) in [5, 5.41) is 8.14. The smallest absolute Gasteiger partial charge is 0.104 e. The van der Waals surface area contributed by atoms with E-state index in [1.807, 2.05) is 19.1 Å². The van der Waals surface area contributed by atoms with E-state index in [0.29, 0.717) is 0 Å². The van der Waals surface area contributed by atoms with Gasteiger partial charge in [0.2, 0.25) is 0 Å². The van der Waals surface area contributed by atoms with Gasteiger partial charge >= 0.3 is 0 Å². The van der Waals surface area contributed by atoms with Crippen LogP contribution in [-0.2, 0) is 0 Å². The minimum absolute atomic E-state index is 0.821. The van der Waals surface area contributed by atoms with Gasteiger partial charge in [0.1, 0.15) is 3.70 Å². The maximum Gasteiger partial charge on any atom is 0.104 e. The molecule has 1 aromatic carbocycles. The summed E-state index contributed by atoms with van der Waals surface area (Å²) in [7, 11) is 0. The van der Waals surface area contributed by atoms with E-state index in [9.17, 15) is 0 Å². The Labute approximate surface area is 83.5 Å². The third-order valence-corrected chi connectivity index (χ3v) is 2.72. The highest BCUT2D eigenvalue weighted by molar-refractivity contribution is 14.1. The second-order valence-corrected chi connectivity index (χ2v) is 3.84. The van der Waals surface area contributed by atoms with Gasteiger partial charge in [0.05, 0.1) is 5.52 Å². The minimum atomic E-state index is 0.821. The first-order valence-electron chi connectivity index (χ1n) is 3.58. The van der Waals surface area contributed by atoms with Crippen LogP contribution in [0.4, 0.5) is 5.69 Å². The van der Waals surface area contributed by atoms with Crippen molar-refractivity contribution in [1.82, 2.24) is 10.2 Å². The topological polar surface area (TPSA) is 54.7 Å². The van der Waals surface area contributed by atoms with E-state index >= 15 is 0 Å². The Hall–Kier alpha value is -0.780. The number of fused-ring (bicyclic) bond motifs is 1. The summed E-state index contributed by atoms with van der Waals surface area (Å²) in [6.45, 7) is 1.98. The SMILES string of the molecule is Cc1cc2n[nH]c(I)c2cc1N. The molecule has 62 valence electrons. The monoisotopic (exact) mass is 273 g/mol. The quantitative estimate of drug-likeness (QED) is 0.570. The van der Waals surface area contributed by atoms with Gasteiger partial charge in [0.25, 0.3) is 0 Å². The normalized spacial score (nSPS) is 10.8. The molecule has 0 radical (unpaired) electrons. The van der Waals surface area contributed by atoms with Crippen LogP contribution < -0.4 is 5.73 Å². The lowest BCUT2D eigenvalue weighted by Gasteiger charge is -1.97. The second kappa shape index (κ2) is 2.62. The van der Waals surface area contributed by atoms with Crippen LogP contribution >= 0.6 is 22.6 Å². The van der Waals surface area contributed by atoms with Crippen molar-refractivity contribution in [1.29, 1.82) is 0 Å². The summed E-state index contributed by atoms with van der Waals surface area (Å²) in [5.74, 6) is 0. The Bertz CT molecular complexity index is 433. The number of aromatic amines is 1. The molecule has 1 aromatic heterocycles. The van der Waals surface area contributed by atoms with Crippen LogP contribution in [0.15, 0.2) is 12.1 Å². The fourth-order valence-corrected chi connectivity index (χ4v) is 1.70. The Kier molecular flexibility index (Phi) is 1.71. The van der Waals surface area contributed by atoms with Gasteiger partial charge in [-0.15, -0.1) is 0 Å². The first kappa shape index (κ1) is 7.85. The van der Waals surface area contributed by atoms with Gasteiger partial charge in [-0.25, -0.2) is 0 Å². The lowest BCUT2D eigenvalue weighted by molar-refractivity contribution is 1.09. The number of aryl methyl sites for hydroxylation is 1. The van der Waals surface area contributed by atoms with Gasteiger partial charge in [-0.3, -0.25) is 5.10 Å². The van der Waals surface area contributed by atoms with Crippen molar-refractivity contribution in [2.45, 2.75) is 6.92 Å². The van der Waals surface area contributed by atoms with Crippen molar-refractivity contribution in [3.63, 3.8) is 0 Å². The van der Waals surface area contributed by atoms with Crippen molar-refractivity contribution >= 4 is 39.2 Å². The maximum atomic E-state index is 5.77. The number of rotatable bonds is 0. The van der Waals surface area contributed by atoms with Crippen molar-refractivity contribution in [2.24, 2.45) is 0 Å². The van der Waals surface area contributed by atoms with E-state index in [-0.39, 0.29) is 0 Å². The molecule has 0 saturated carbocycles. The van der Waals surface area contributed by atoms with Crippen LogP contribution in [-0.4, -0.2) is 10.2 Å². The molecule has 12 heavy (non-hydrogen) atoms. The Morgan fingerprint density at radius 2 is 2.25 bits per heavy atom. The van der Waals surface area contributed by atoms with Gasteiger partial charge in [-0.05, 0) is 47.2 Å². The molecule has 0 aliphatic carbocycles. The Morgan fingerprint density at radius 1 is 1.50 bits per heavy atom. The molecule has 0 spiro atoms. The molecular formula is C8H8IN3. The van der Waals surface area contributed by atoms with E-state index in [1.54, 1.807) is 0 Å². The predicted octanol–water partition coefficient (Wildman–Crippen LogP) is 2.06. The number of nitrogens with two attached hydrogens (primary N) is 1. The van der Waals surface area contributed by atoms with Crippen molar-refractivity contribution in [3.05, 3.63) is 21.4 Å². The first-order chi connectivity index (χ1) is 5.68. The number of aromatic nitrogens is 2. The summed E-state index contributed by atoms with van der Waals surface area (Å²) >= 11 is 2.21. The highest BCUT2D eigenvalue weighted by atomic mass is 127. The summed E-state index contributed by atoms with van der Waals surface area (Å²) in [6, 6.07) is 3.94. The highest BCUT2D eigenvalue weighted by Gasteiger charge is 2.03. The zero-order chi connectivity index (χ0) is 8.72. The van der Waals surface area contributed by atoms with E-state index in [2.05, 4.69) is 32.8 Å². The molecule has 3 nitrogen and oxygen atoms in total. The molecule has 0 unspecified atom stereocenters. The number of hydrogen-bond donors (Lipinski definition) is 2. The lowest BCUT2D eigenvalue weighted by atomic mass is 10.1. The number of nitrogen functional groups attached to an aromatic ring is 1. The standard InChI is InChI=1S/C8H8IN3/c1-4-2-7-5(3-6(4)10)8(9)12-11-7/h2-3H,10H2,1H3,(H,11,12). The molecule has 2 aromatic rings.